The average Bonchev–Trinajstić information content (AvgIpc) is 2.96. The van der Waals surface area contributed by atoms with Crippen LogP contribution in [0.1, 0.15) is 13.8 Å². The summed E-state index contributed by atoms with van der Waals surface area (Å²) in [6, 6.07) is 15.3. The van der Waals surface area contributed by atoms with E-state index in [-0.39, 0.29) is 6.02 Å². The number of amidine groups is 1. The standard InChI is InChI=1S/C14H12N4OS2.C2H6/c15-18-13(19-10-4-2-1-3-5-10)16-9-6-7-11-12(8-9)21-14(20)17-11;1-2/h1-8H,15H2,(H,16,18)(H,17,20);1-2H3. The minimum absolute atomic E-state index is 0.222. The number of nitrogens with two attached hydrogens (primary N) is 1. The highest BCUT2D eigenvalue weighted by Crippen LogP contribution is 2.25. The van der Waals surface area contributed by atoms with Gasteiger partial charge < -0.3 is 9.72 Å². The highest BCUT2D eigenvalue weighted by Gasteiger charge is 2.03. The first-order valence-corrected chi connectivity index (χ1v) is 8.38. The number of benzene rings is 2. The Morgan fingerprint density at radius 3 is 2.65 bits per heavy atom. The van der Waals surface area contributed by atoms with Crippen LogP contribution in [0.2, 0.25) is 0 Å². The molecule has 2 aromatic carbocycles. The molecule has 0 fully saturated rings. The summed E-state index contributed by atoms with van der Waals surface area (Å²) in [5.41, 5.74) is 4.18. The smallest absolute Gasteiger partial charge is 0.310 e. The number of aliphatic imine (C=N–C) groups is 1. The molecule has 0 bridgehead atoms. The molecule has 7 heteroatoms. The van der Waals surface area contributed by atoms with Gasteiger partial charge in [-0.25, -0.2) is 5.84 Å². The van der Waals surface area contributed by atoms with Crippen LogP contribution < -0.4 is 16.0 Å². The SMILES string of the molecule is CC.NNC(=Nc1ccc2[nH]c(=S)sc2c1)Oc1ccccc1. The third-order valence-corrected chi connectivity index (χ3v) is 3.91. The molecule has 0 saturated carbocycles. The fraction of sp³-hybridized carbons (Fsp3) is 0.125. The van der Waals surface area contributed by atoms with E-state index in [1.165, 1.54) is 11.3 Å². The maximum atomic E-state index is 5.57. The fourth-order valence-corrected chi connectivity index (χ4v) is 2.95. The van der Waals surface area contributed by atoms with E-state index in [1.807, 2.05) is 62.4 Å². The molecule has 0 aliphatic rings. The lowest BCUT2D eigenvalue weighted by molar-refractivity contribution is 0.519. The molecule has 0 aliphatic heterocycles. The Morgan fingerprint density at radius 1 is 1.22 bits per heavy atom. The third kappa shape index (κ3) is 4.62. The van der Waals surface area contributed by atoms with Crippen molar-refractivity contribution in [3.05, 3.63) is 52.5 Å². The van der Waals surface area contributed by atoms with Crippen LogP contribution in [0.15, 0.2) is 53.5 Å². The van der Waals surface area contributed by atoms with E-state index in [2.05, 4.69) is 15.4 Å². The number of fused-ring (bicyclic) bond motifs is 1. The summed E-state index contributed by atoms with van der Waals surface area (Å²) in [4.78, 5) is 7.45. The molecule has 3 aromatic rings. The first kappa shape index (κ1) is 17.1. The number of hydrogen-bond donors (Lipinski definition) is 3. The summed E-state index contributed by atoms with van der Waals surface area (Å²) >= 11 is 6.63. The molecule has 120 valence electrons. The monoisotopic (exact) mass is 346 g/mol. The number of H-pyrrole nitrogens is 1. The average molecular weight is 346 g/mol. The van der Waals surface area contributed by atoms with Crippen LogP contribution in [0.3, 0.4) is 0 Å². The Labute approximate surface area is 143 Å². The number of rotatable bonds is 2. The van der Waals surface area contributed by atoms with E-state index in [9.17, 15) is 0 Å². The van der Waals surface area contributed by atoms with Crippen LogP contribution in [0.5, 0.6) is 5.75 Å². The van der Waals surface area contributed by atoms with Gasteiger partial charge in [0.25, 0.3) is 0 Å². The Kier molecular flexibility index (Phi) is 6.28. The van der Waals surface area contributed by atoms with Gasteiger partial charge in [-0.05, 0) is 42.5 Å². The molecule has 0 spiro atoms. The lowest BCUT2D eigenvalue weighted by atomic mass is 10.3. The summed E-state index contributed by atoms with van der Waals surface area (Å²) in [7, 11) is 0. The van der Waals surface area contributed by atoms with Gasteiger partial charge in [-0.2, -0.15) is 4.99 Å². The van der Waals surface area contributed by atoms with Gasteiger partial charge in [-0.1, -0.05) is 32.0 Å². The lowest BCUT2D eigenvalue weighted by Crippen LogP contribution is -2.34. The fourth-order valence-electron chi connectivity index (χ4n) is 1.81. The molecule has 0 amide bonds. The summed E-state index contributed by atoms with van der Waals surface area (Å²) in [6.07, 6.45) is 0. The Balaban J connectivity index is 0.000000924. The van der Waals surface area contributed by atoms with Crippen molar-refractivity contribution < 1.29 is 4.74 Å². The number of nitrogens with zero attached hydrogens (tertiary/aromatic N) is 1. The number of para-hydroxylation sites is 1. The molecule has 0 radical (unpaired) electrons. The topological polar surface area (TPSA) is 75.4 Å². The second kappa shape index (κ2) is 8.42. The third-order valence-electron chi connectivity index (χ3n) is 2.72. The number of ether oxygens (including phenoxy) is 1. The van der Waals surface area contributed by atoms with Crippen molar-refractivity contribution in [1.82, 2.24) is 10.4 Å². The Hall–Kier alpha value is -2.22. The number of aromatic amines is 1. The van der Waals surface area contributed by atoms with E-state index >= 15 is 0 Å². The van der Waals surface area contributed by atoms with E-state index in [0.29, 0.717) is 5.75 Å². The van der Waals surface area contributed by atoms with Crippen molar-refractivity contribution in [3.8, 4) is 5.75 Å². The first-order chi connectivity index (χ1) is 11.2. The number of hydrazine groups is 1. The number of aromatic nitrogens is 1. The van der Waals surface area contributed by atoms with Gasteiger partial charge in [0, 0.05) is 0 Å². The second-order valence-electron chi connectivity index (χ2n) is 4.17. The highest BCUT2D eigenvalue weighted by molar-refractivity contribution is 7.73. The molecule has 0 unspecified atom stereocenters. The zero-order valence-corrected chi connectivity index (χ0v) is 14.5. The molecule has 0 atom stereocenters. The number of hydrogen-bond acceptors (Lipinski definition) is 5. The van der Waals surface area contributed by atoms with Crippen LogP contribution in [-0.2, 0) is 0 Å². The van der Waals surface area contributed by atoms with E-state index < -0.39 is 0 Å². The quantitative estimate of drug-likeness (QED) is 0.210. The molecule has 0 aliphatic carbocycles. The summed E-state index contributed by atoms with van der Waals surface area (Å²) in [6.45, 7) is 4.00. The van der Waals surface area contributed by atoms with Gasteiger partial charge >= 0.3 is 6.02 Å². The minimum Gasteiger partial charge on any atom is -0.425 e. The summed E-state index contributed by atoms with van der Waals surface area (Å²) in [5, 5.41) is 0. The minimum atomic E-state index is 0.222. The first-order valence-electron chi connectivity index (χ1n) is 7.16. The van der Waals surface area contributed by atoms with Gasteiger partial charge in [0.15, 0.2) is 3.95 Å². The predicted molar refractivity (Wildman–Crippen MR) is 99.8 cm³/mol. The van der Waals surface area contributed by atoms with Crippen molar-refractivity contribution in [1.29, 1.82) is 0 Å². The van der Waals surface area contributed by atoms with Gasteiger partial charge in [0.2, 0.25) is 0 Å². The second-order valence-corrected chi connectivity index (χ2v) is 5.89. The zero-order valence-electron chi connectivity index (χ0n) is 12.9. The normalized spacial score (nSPS) is 10.8. The zero-order chi connectivity index (χ0) is 16.7. The summed E-state index contributed by atoms with van der Waals surface area (Å²) < 4.78 is 7.35. The Morgan fingerprint density at radius 2 is 1.96 bits per heavy atom. The van der Waals surface area contributed by atoms with E-state index in [4.69, 9.17) is 22.8 Å². The van der Waals surface area contributed by atoms with Gasteiger partial charge in [0.05, 0.1) is 15.9 Å². The van der Waals surface area contributed by atoms with Crippen LogP contribution >= 0.6 is 23.6 Å². The Bertz CT molecular complexity index is 840. The van der Waals surface area contributed by atoms with Crippen molar-refractivity contribution in [2.24, 2.45) is 10.8 Å². The molecule has 23 heavy (non-hydrogen) atoms. The predicted octanol–water partition coefficient (Wildman–Crippen LogP) is 4.51. The molecule has 1 aromatic heterocycles. The van der Waals surface area contributed by atoms with Crippen molar-refractivity contribution in [3.63, 3.8) is 0 Å². The van der Waals surface area contributed by atoms with E-state index in [0.717, 1.165) is 19.9 Å². The van der Waals surface area contributed by atoms with E-state index in [1.54, 1.807) is 0 Å². The number of nitrogens with one attached hydrogen (secondary N) is 2. The van der Waals surface area contributed by atoms with Crippen LogP contribution in [0, 0.1) is 3.95 Å². The van der Waals surface area contributed by atoms with Crippen molar-refractivity contribution in [2.75, 3.05) is 0 Å². The molecule has 3 rings (SSSR count). The van der Waals surface area contributed by atoms with Gasteiger partial charge in [-0.15, -0.1) is 11.3 Å². The summed E-state index contributed by atoms with van der Waals surface area (Å²) in [5.74, 6) is 6.12. The molecule has 5 nitrogen and oxygen atoms in total. The largest absolute Gasteiger partial charge is 0.425 e. The molecule has 4 N–H and O–H groups in total. The van der Waals surface area contributed by atoms with Gasteiger partial charge in [-0.3, -0.25) is 5.43 Å². The van der Waals surface area contributed by atoms with Crippen LogP contribution in [-0.4, -0.2) is 11.0 Å². The lowest BCUT2D eigenvalue weighted by Gasteiger charge is -2.07. The highest BCUT2D eigenvalue weighted by atomic mass is 32.1. The number of thiazole rings is 1. The van der Waals surface area contributed by atoms with Crippen molar-refractivity contribution in [2.45, 2.75) is 13.8 Å². The van der Waals surface area contributed by atoms with Crippen LogP contribution in [0.4, 0.5) is 5.69 Å². The molecular weight excluding hydrogens is 328 g/mol. The maximum absolute atomic E-state index is 5.57. The van der Waals surface area contributed by atoms with Crippen molar-refractivity contribution >= 4 is 45.5 Å². The molecular formula is C16H18N4OS2. The van der Waals surface area contributed by atoms with Gasteiger partial charge in [0.1, 0.15) is 5.75 Å². The molecule has 1 heterocycles. The molecule has 0 saturated heterocycles. The maximum Gasteiger partial charge on any atom is 0.310 e. The van der Waals surface area contributed by atoms with Crippen LogP contribution in [0.25, 0.3) is 10.2 Å².